The van der Waals surface area contributed by atoms with Gasteiger partial charge in [-0.25, -0.2) is 17.6 Å². The zero-order valence-corrected chi connectivity index (χ0v) is 17.8. The Morgan fingerprint density at radius 3 is 1.80 bits per heavy atom. The smallest absolute Gasteiger partial charge is 0.429 e. The Kier molecular flexibility index (Phi) is 7.38. The summed E-state index contributed by atoms with van der Waals surface area (Å²) < 4.78 is 127. The molecule has 3 aromatic carbocycles. The Morgan fingerprint density at radius 2 is 1.31 bits per heavy atom. The summed E-state index contributed by atoms with van der Waals surface area (Å²) in [5.74, 6) is -5.14. The van der Waals surface area contributed by atoms with Crippen molar-refractivity contribution < 1.29 is 44.3 Å². The summed E-state index contributed by atoms with van der Waals surface area (Å²) in [5.41, 5.74) is -2.74. The van der Waals surface area contributed by atoms with Gasteiger partial charge in [-0.1, -0.05) is 31.4 Å². The number of aryl methyl sites for hydroxylation is 1. The number of halogens is 9. The van der Waals surface area contributed by atoms with Crippen LogP contribution in [0.3, 0.4) is 0 Å². The van der Waals surface area contributed by atoms with E-state index >= 15 is 0 Å². The van der Waals surface area contributed by atoms with Crippen molar-refractivity contribution in [1.29, 1.82) is 0 Å². The van der Waals surface area contributed by atoms with E-state index in [1.807, 2.05) is 6.92 Å². The topological polar surface area (TPSA) is 9.23 Å². The second-order valence-corrected chi connectivity index (χ2v) is 7.39. The van der Waals surface area contributed by atoms with Crippen molar-refractivity contribution in [2.24, 2.45) is 0 Å². The fourth-order valence-corrected chi connectivity index (χ4v) is 3.22. The third-order valence-corrected chi connectivity index (χ3v) is 4.75. The number of rotatable bonds is 6. The van der Waals surface area contributed by atoms with Crippen molar-refractivity contribution in [2.75, 3.05) is 0 Å². The molecule has 0 heterocycles. The van der Waals surface area contributed by atoms with Crippen molar-refractivity contribution >= 4 is 0 Å². The van der Waals surface area contributed by atoms with E-state index in [9.17, 15) is 39.5 Å². The fourth-order valence-electron chi connectivity index (χ4n) is 3.22. The van der Waals surface area contributed by atoms with Gasteiger partial charge >= 0.3 is 12.3 Å². The number of hydrogen-bond acceptors (Lipinski definition) is 1. The van der Waals surface area contributed by atoms with Crippen molar-refractivity contribution in [3.63, 3.8) is 0 Å². The van der Waals surface area contributed by atoms with E-state index in [4.69, 9.17) is 0 Å². The summed E-state index contributed by atoms with van der Waals surface area (Å²) in [6, 6.07) is 6.69. The minimum Gasteiger partial charge on any atom is -0.429 e. The first-order valence-corrected chi connectivity index (χ1v) is 10.1. The molecule has 35 heavy (non-hydrogen) atoms. The summed E-state index contributed by atoms with van der Waals surface area (Å²) >= 11 is 0. The normalized spacial score (nSPS) is 11.7. The van der Waals surface area contributed by atoms with Crippen molar-refractivity contribution in [1.82, 2.24) is 0 Å². The fraction of sp³-hybridized carbons (Fsp3) is 0.200. The zero-order valence-electron chi connectivity index (χ0n) is 17.8. The molecular weight excluding hydrogens is 487 g/mol. The maximum atomic E-state index is 14.6. The van der Waals surface area contributed by atoms with Crippen molar-refractivity contribution in [3.8, 4) is 28.7 Å². The lowest BCUT2D eigenvalue weighted by Crippen LogP contribution is -2.22. The molecule has 0 aliphatic rings. The Labute approximate surface area is 194 Å². The average molecular weight is 502 g/mol. The van der Waals surface area contributed by atoms with E-state index in [-0.39, 0.29) is 0 Å². The van der Waals surface area contributed by atoms with Gasteiger partial charge in [-0.2, -0.15) is 22.0 Å². The van der Waals surface area contributed by atoms with Gasteiger partial charge < -0.3 is 4.74 Å². The quantitative estimate of drug-likeness (QED) is 0.246. The van der Waals surface area contributed by atoms with Gasteiger partial charge in [-0.05, 0) is 41.8 Å². The molecule has 0 spiro atoms. The predicted molar refractivity (Wildman–Crippen MR) is 110 cm³/mol. The Bertz CT molecular complexity index is 1240. The standard InChI is InChI=1S/C25H15F9O/c1-2-3-14-4-6-16(7-5-14)25(33,34)35-17-12-21(28)23(22(29)13-17)15-10-19(26)18(20(27)11-15)8-9-24(30,31)32/h4-7,10-13H,2-3H2,1H3. The summed E-state index contributed by atoms with van der Waals surface area (Å²) in [6.45, 7) is 1.91. The van der Waals surface area contributed by atoms with Crippen LogP contribution >= 0.6 is 0 Å². The molecule has 3 aromatic rings. The van der Waals surface area contributed by atoms with Crippen LogP contribution in [0.15, 0.2) is 48.5 Å². The van der Waals surface area contributed by atoms with Crippen LogP contribution in [0.25, 0.3) is 11.1 Å². The third kappa shape index (κ3) is 6.29. The molecule has 0 aliphatic carbocycles. The molecule has 184 valence electrons. The lowest BCUT2D eigenvalue weighted by molar-refractivity contribution is -0.185. The second-order valence-electron chi connectivity index (χ2n) is 7.39. The van der Waals surface area contributed by atoms with Gasteiger partial charge in [-0.3, -0.25) is 0 Å². The summed E-state index contributed by atoms with van der Waals surface area (Å²) in [4.78, 5) is 0. The van der Waals surface area contributed by atoms with Crippen LogP contribution in [0, 0.1) is 35.1 Å². The first-order chi connectivity index (χ1) is 16.3. The summed E-state index contributed by atoms with van der Waals surface area (Å²) in [7, 11) is 0. The van der Waals surface area contributed by atoms with Crippen LogP contribution in [0.4, 0.5) is 39.5 Å². The van der Waals surface area contributed by atoms with Crippen molar-refractivity contribution in [3.05, 3.63) is 88.5 Å². The molecule has 0 saturated heterocycles. The summed E-state index contributed by atoms with van der Waals surface area (Å²) in [5, 5.41) is 0. The molecule has 0 radical (unpaired) electrons. The molecule has 0 aliphatic heterocycles. The van der Waals surface area contributed by atoms with E-state index < -0.39 is 63.6 Å². The van der Waals surface area contributed by atoms with Crippen LogP contribution in [0.1, 0.15) is 30.0 Å². The molecule has 0 amide bonds. The van der Waals surface area contributed by atoms with E-state index in [0.29, 0.717) is 36.6 Å². The van der Waals surface area contributed by atoms with Gasteiger partial charge in [0.2, 0.25) is 0 Å². The molecule has 0 N–H and O–H groups in total. The minimum atomic E-state index is -5.02. The van der Waals surface area contributed by atoms with Gasteiger partial charge in [0.25, 0.3) is 0 Å². The van der Waals surface area contributed by atoms with Crippen LogP contribution in [-0.2, 0) is 12.5 Å². The lowest BCUT2D eigenvalue weighted by atomic mass is 10.0. The first-order valence-electron chi connectivity index (χ1n) is 10.1. The molecule has 0 unspecified atom stereocenters. The van der Waals surface area contributed by atoms with Gasteiger partial charge in [0.15, 0.2) is 0 Å². The predicted octanol–water partition coefficient (Wildman–Crippen LogP) is 7.90. The molecule has 0 saturated carbocycles. The van der Waals surface area contributed by atoms with Crippen LogP contribution in [-0.4, -0.2) is 6.18 Å². The van der Waals surface area contributed by atoms with Gasteiger partial charge in [0.05, 0.1) is 16.7 Å². The Hall–Kier alpha value is -3.61. The van der Waals surface area contributed by atoms with E-state index in [1.165, 1.54) is 18.1 Å². The molecule has 0 fully saturated rings. The Balaban J connectivity index is 1.92. The maximum absolute atomic E-state index is 14.6. The van der Waals surface area contributed by atoms with Gasteiger partial charge in [0.1, 0.15) is 29.0 Å². The molecule has 1 nitrogen and oxygen atoms in total. The number of benzene rings is 3. The van der Waals surface area contributed by atoms with Gasteiger partial charge in [0, 0.05) is 18.1 Å². The molecular formula is C25H15F9O. The second kappa shape index (κ2) is 9.94. The highest BCUT2D eigenvalue weighted by Crippen LogP contribution is 2.36. The van der Waals surface area contributed by atoms with Crippen LogP contribution in [0.2, 0.25) is 0 Å². The number of ether oxygens (including phenoxy) is 1. The SMILES string of the molecule is CCCc1ccc(C(F)(F)Oc2cc(F)c(-c3cc(F)c(C#CC(F)(F)F)c(F)c3)c(F)c2)cc1. The Morgan fingerprint density at radius 1 is 0.771 bits per heavy atom. The molecule has 3 rings (SSSR count). The summed E-state index contributed by atoms with van der Waals surface area (Å²) in [6.07, 6.45) is -7.51. The third-order valence-electron chi connectivity index (χ3n) is 4.75. The van der Waals surface area contributed by atoms with E-state index in [0.717, 1.165) is 24.1 Å². The first kappa shape index (κ1) is 26.0. The largest absolute Gasteiger partial charge is 0.458 e. The highest BCUT2D eigenvalue weighted by molar-refractivity contribution is 5.67. The maximum Gasteiger partial charge on any atom is 0.458 e. The van der Waals surface area contributed by atoms with Crippen molar-refractivity contribution in [2.45, 2.75) is 32.1 Å². The molecule has 10 heteroatoms. The number of hydrogen-bond donors (Lipinski definition) is 0. The van der Waals surface area contributed by atoms with Gasteiger partial charge in [-0.15, -0.1) is 0 Å². The molecule has 0 atom stereocenters. The zero-order chi connectivity index (χ0) is 26.0. The molecule has 0 bridgehead atoms. The molecule has 0 aromatic heterocycles. The highest BCUT2D eigenvalue weighted by Gasteiger charge is 2.35. The number of alkyl halides is 5. The van der Waals surface area contributed by atoms with E-state index in [1.54, 1.807) is 0 Å². The van der Waals surface area contributed by atoms with E-state index in [2.05, 4.69) is 4.74 Å². The average Bonchev–Trinajstić information content (AvgIpc) is 2.72. The van der Waals surface area contributed by atoms with Crippen LogP contribution < -0.4 is 4.74 Å². The minimum absolute atomic E-state index is 0.373. The lowest BCUT2D eigenvalue weighted by Gasteiger charge is -2.19. The van der Waals surface area contributed by atoms with Crippen LogP contribution in [0.5, 0.6) is 5.75 Å². The monoisotopic (exact) mass is 502 g/mol. The highest BCUT2D eigenvalue weighted by atomic mass is 19.4.